The summed E-state index contributed by atoms with van der Waals surface area (Å²) >= 11 is 0. The third-order valence-corrected chi connectivity index (χ3v) is 9.67. The highest BCUT2D eigenvalue weighted by molar-refractivity contribution is 5.79. The summed E-state index contributed by atoms with van der Waals surface area (Å²) in [4.78, 5) is 32.1. The third-order valence-electron chi connectivity index (χ3n) is 9.67. The predicted octanol–water partition coefficient (Wildman–Crippen LogP) is 7.23. The summed E-state index contributed by atoms with van der Waals surface area (Å²) in [7, 11) is 1.32. The molecule has 3 fully saturated rings. The summed E-state index contributed by atoms with van der Waals surface area (Å²) in [5, 5.41) is 0. The summed E-state index contributed by atoms with van der Waals surface area (Å²) in [5.74, 6) is -0.746. The molecule has 0 saturated carbocycles. The second kappa shape index (κ2) is 12.4. The molecule has 2 unspecified atom stereocenters. The van der Waals surface area contributed by atoms with Crippen molar-refractivity contribution < 1.29 is 45.1 Å². The number of carbonyl (C=O) groups is 2. The van der Waals surface area contributed by atoms with E-state index in [1.807, 2.05) is 4.90 Å². The van der Waals surface area contributed by atoms with Crippen molar-refractivity contribution in [2.45, 2.75) is 57.5 Å². The molecular formula is C32H36F7N3O3. The highest BCUT2D eigenvalue weighted by Crippen LogP contribution is 2.46. The van der Waals surface area contributed by atoms with Crippen molar-refractivity contribution in [2.24, 2.45) is 17.8 Å². The monoisotopic (exact) mass is 643 g/mol. The fourth-order valence-electron chi connectivity index (χ4n) is 7.12. The van der Waals surface area contributed by atoms with E-state index in [0.29, 0.717) is 62.8 Å². The maximum atomic E-state index is 14.2. The molecule has 3 aliphatic rings. The van der Waals surface area contributed by atoms with E-state index in [4.69, 9.17) is 4.74 Å². The SMILES string of the molecule is Cc1cc(F)ccc1[C@H]1[C@@H]2CN(C(=O)C3CCOCC3)CC2CCN1C(=O)N(C)C(C)c1ccc(C(F)(F)F)cc1C(F)(F)F. The van der Waals surface area contributed by atoms with E-state index < -0.39 is 53.0 Å². The molecule has 3 saturated heterocycles. The van der Waals surface area contributed by atoms with Gasteiger partial charge in [-0.1, -0.05) is 12.1 Å². The van der Waals surface area contributed by atoms with Crippen molar-refractivity contribution in [1.29, 1.82) is 0 Å². The largest absolute Gasteiger partial charge is 0.416 e. The maximum absolute atomic E-state index is 14.2. The minimum absolute atomic E-state index is 0.0351. The predicted molar refractivity (Wildman–Crippen MR) is 150 cm³/mol. The van der Waals surface area contributed by atoms with Gasteiger partial charge in [-0.2, -0.15) is 26.3 Å². The van der Waals surface area contributed by atoms with Crippen LogP contribution in [-0.2, 0) is 21.9 Å². The van der Waals surface area contributed by atoms with Crippen LogP contribution in [0.1, 0.15) is 66.1 Å². The fourth-order valence-corrected chi connectivity index (χ4v) is 7.12. The number of nitrogens with zero attached hydrogens (tertiary/aromatic N) is 3. The van der Waals surface area contributed by atoms with Gasteiger partial charge < -0.3 is 19.4 Å². The second-order valence-corrected chi connectivity index (χ2v) is 12.3. The van der Waals surface area contributed by atoms with E-state index in [1.54, 1.807) is 17.9 Å². The topological polar surface area (TPSA) is 53.1 Å². The van der Waals surface area contributed by atoms with E-state index >= 15 is 0 Å². The van der Waals surface area contributed by atoms with E-state index in [-0.39, 0.29) is 36.3 Å². The number of rotatable bonds is 4. The van der Waals surface area contributed by atoms with Crippen LogP contribution in [0.2, 0.25) is 0 Å². The normalized spacial score (nSPS) is 23.6. The van der Waals surface area contributed by atoms with Gasteiger partial charge in [0.05, 0.1) is 23.2 Å². The lowest BCUT2D eigenvalue weighted by Crippen LogP contribution is -2.51. The number of benzene rings is 2. The van der Waals surface area contributed by atoms with Crippen LogP contribution in [0.5, 0.6) is 0 Å². The Kier molecular flexibility index (Phi) is 9.14. The number of carbonyl (C=O) groups excluding carboxylic acids is 2. The molecule has 0 bridgehead atoms. The number of urea groups is 1. The summed E-state index contributed by atoms with van der Waals surface area (Å²) in [5.41, 5.74) is -2.11. The smallest absolute Gasteiger partial charge is 0.381 e. The molecule has 5 rings (SSSR count). The lowest BCUT2D eigenvalue weighted by atomic mass is 9.78. The number of aryl methyl sites for hydroxylation is 1. The molecule has 6 nitrogen and oxygen atoms in total. The molecule has 4 atom stereocenters. The van der Waals surface area contributed by atoms with Gasteiger partial charge in [0.15, 0.2) is 0 Å². The van der Waals surface area contributed by atoms with Gasteiger partial charge in [-0.15, -0.1) is 0 Å². The average Bonchev–Trinajstić information content (AvgIpc) is 3.43. The number of piperidine rings is 1. The maximum Gasteiger partial charge on any atom is 0.416 e. The number of fused-ring (bicyclic) bond motifs is 1. The number of likely N-dealkylation sites (tertiary alicyclic amines) is 2. The minimum Gasteiger partial charge on any atom is -0.381 e. The first kappa shape index (κ1) is 33.0. The Bertz CT molecular complexity index is 1420. The fraction of sp³-hybridized carbons (Fsp3) is 0.562. The van der Waals surface area contributed by atoms with Crippen LogP contribution in [0, 0.1) is 30.5 Å². The Balaban J connectivity index is 1.46. The molecule has 0 aliphatic carbocycles. The molecule has 2 aromatic carbocycles. The molecule has 2 aromatic rings. The molecule has 0 aromatic heterocycles. The van der Waals surface area contributed by atoms with Crippen LogP contribution in [0.4, 0.5) is 35.5 Å². The van der Waals surface area contributed by atoms with Gasteiger partial charge in [-0.25, -0.2) is 9.18 Å². The average molecular weight is 644 g/mol. The van der Waals surface area contributed by atoms with Gasteiger partial charge in [-0.3, -0.25) is 4.79 Å². The number of halogens is 7. The quantitative estimate of drug-likeness (QED) is 0.331. The first-order chi connectivity index (χ1) is 21.1. The zero-order valence-electron chi connectivity index (χ0n) is 25.2. The Morgan fingerprint density at radius 2 is 1.64 bits per heavy atom. The zero-order chi connectivity index (χ0) is 32.8. The van der Waals surface area contributed by atoms with Gasteiger partial charge in [0.25, 0.3) is 0 Å². The van der Waals surface area contributed by atoms with Gasteiger partial charge in [0.2, 0.25) is 5.91 Å². The number of amides is 3. The molecule has 0 N–H and O–H groups in total. The molecule has 45 heavy (non-hydrogen) atoms. The third kappa shape index (κ3) is 6.64. The second-order valence-electron chi connectivity index (χ2n) is 12.3. The Labute approximate surface area is 257 Å². The van der Waals surface area contributed by atoms with Crippen molar-refractivity contribution in [3.05, 3.63) is 70.0 Å². The van der Waals surface area contributed by atoms with E-state index in [0.717, 1.165) is 11.0 Å². The van der Waals surface area contributed by atoms with Crippen LogP contribution in [-0.4, -0.2) is 66.5 Å². The molecule has 3 amide bonds. The van der Waals surface area contributed by atoms with Crippen LogP contribution < -0.4 is 0 Å². The van der Waals surface area contributed by atoms with Gasteiger partial charge >= 0.3 is 18.4 Å². The number of ether oxygens (including phenoxy) is 1. The number of alkyl halides is 6. The Morgan fingerprint density at radius 1 is 0.956 bits per heavy atom. The molecule has 13 heteroatoms. The summed E-state index contributed by atoms with van der Waals surface area (Å²) < 4.78 is 101. The number of hydrogen-bond acceptors (Lipinski definition) is 3. The van der Waals surface area contributed by atoms with Gasteiger partial charge in [0.1, 0.15) is 5.82 Å². The van der Waals surface area contributed by atoms with Crippen LogP contribution in [0.15, 0.2) is 36.4 Å². The van der Waals surface area contributed by atoms with Gasteiger partial charge in [-0.05, 0) is 80.0 Å². The lowest BCUT2D eigenvalue weighted by Gasteiger charge is -2.45. The van der Waals surface area contributed by atoms with Crippen LogP contribution in [0.25, 0.3) is 0 Å². The van der Waals surface area contributed by atoms with Crippen molar-refractivity contribution >= 4 is 11.9 Å². The molecule has 3 heterocycles. The van der Waals surface area contributed by atoms with E-state index in [1.165, 1.54) is 26.1 Å². The molecule has 0 spiro atoms. The molecule has 0 radical (unpaired) electrons. The highest BCUT2D eigenvalue weighted by atomic mass is 19.4. The standard InChI is InChI=1S/C32H36F7N3O3/c1-18-14-23(33)5-7-24(18)28-26-17-41(29(43)20-9-12-45-13-10-20)16-21(26)8-11-42(28)30(44)40(3)19(2)25-6-4-22(31(34,35)36)15-27(25)32(37,38)39/h4-7,14-15,19-21,26,28H,8-13,16-17H2,1-3H3/t19?,21?,26-,28+/m1/s1. The molecular weight excluding hydrogens is 607 g/mol. The van der Waals surface area contributed by atoms with Crippen molar-refractivity contribution in [3.63, 3.8) is 0 Å². The van der Waals surface area contributed by atoms with Gasteiger partial charge in [0, 0.05) is 51.7 Å². The summed E-state index contributed by atoms with van der Waals surface area (Å²) in [6.45, 7) is 5.18. The molecule has 246 valence electrons. The van der Waals surface area contributed by atoms with Crippen molar-refractivity contribution in [1.82, 2.24) is 14.7 Å². The lowest BCUT2D eigenvalue weighted by molar-refractivity contribution is -0.143. The minimum atomic E-state index is -5.09. The Morgan fingerprint density at radius 3 is 2.27 bits per heavy atom. The summed E-state index contributed by atoms with van der Waals surface area (Å²) in [6.07, 6.45) is -8.27. The van der Waals surface area contributed by atoms with Crippen LogP contribution >= 0.6 is 0 Å². The van der Waals surface area contributed by atoms with Crippen LogP contribution in [0.3, 0.4) is 0 Å². The first-order valence-corrected chi connectivity index (χ1v) is 15.0. The van der Waals surface area contributed by atoms with Crippen molar-refractivity contribution in [2.75, 3.05) is 39.9 Å². The Hall–Kier alpha value is -3.35. The van der Waals surface area contributed by atoms with Crippen molar-refractivity contribution in [3.8, 4) is 0 Å². The molecule has 3 aliphatic heterocycles. The summed E-state index contributed by atoms with van der Waals surface area (Å²) in [6, 6.07) is 3.21. The van der Waals surface area contributed by atoms with E-state index in [2.05, 4.69) is 0 Å². The van der Waals surface area contributed by atoms with E-state index in [9.17, 15) is 40.3 Å². The first-order valence-electron chi connectivity index (χ1n) is 15.0. The highest BCUT2D eigenvalue weighted by Gasteiger charge is 2.49. The zero-order valence-corrected chi connectivity index (χ0v) is 25.2. The number of hydrogen-bond donors (Lipinski definition) is 0.